The van der Waals surface area contributed by atoms with E-state index in [1.165, 1.54) is 17.0 Å². The molecule has 7 nitrogen and oxygen atoms in total. The summed E-state index contributed by atoms with van der Waals surface area (Å²) in [4.78, 5) is 28.6. The first-order valence-electron chi connectivity index (χ1n) is 12.7. The largest absolute Gasteiger partial charge is 0.354 e. The number of carbonyl (C=O) groups is 2. The molecule has 208 valence electrons. The van der Waals surface area contributed by atoms with Crippen LogP contribution in [0.25, 0.3) is 0 Å². The van der Waals surface area contributed by atoms with E-state index in [4.69, 9.17) is 23.2 Å². The number of anilines is 1. The number of hydrogen-bond acceptors (Lipinski definition) is 4. The summed E-state index contributed by atoms with van der Waals surface area (Å²) in [6.07, 6.45) is 1.09. The van der Waals surface area contributed by atoms with Crippen molar-refractivity contribution in [2.45, 2.75) is 51.1 Å². The molecular weight excluding hydrogens is 557 g/mol. The molecule has 0 spiro atoms. The molecule has 1 atom stereocenters. The molecule has 0 aromatic heterocycles. The quantitative estimate of drug-likeness (QED) is 0.288. The Bertz CT molecular complexity index is 1380. The van der Waals surface area contributed by atoms with Crippen molar-refractivity contribution in [2.75, 3.05) is 17.4 Å². The van der Waals surface area contributed by atoms with E-state index in [0.29, 0.717) is 34.3 Å². The summed E-state index contributed by atoms with van der Waals surface area (Å²) < 4.78 is 28.8. The lowest BCUT2D eigenvalue weighted by Crippen LogP contribution is -2.52. The standard InChI is InChI=1S/C29H33Cl2N3O4S/c1-4-17-32-29(36)26(5-2)33(19-22-11-13-23(30)14-12-22)28(35)20-34(27-16-15-24(31)18-21(27)3)39(37,38)25-9-7-6-8-10-25/h6-16,18,26H,4-5,17,19-20H2,1-3H3,(H,32,36). The first kappa shape index (κ1) is 30.5. The predicted octanol–water partition coefficient (Wildman–Crippen LogP) is 5.83. The fraction of sp³-hybridized carbons (Fsp3) is 0.310. The Balaban J connectivity index is 2.07. The van der Waals surface area contributed by atoms with Gasteiger partial charge in [0.25, 0.3) is 10.0 Å². The Hall–Kier alpha value is -3.07. The van der Waals surface area contributed by atoms with Gasteiger partial charge in [-0.25, -0.2) is 8.42 Å². The van der Waals surface area contributed by atoms with Crippen LogP contribution in [0.1, 0.15) is 37.8 Å². The van der Waals surface area contributed by atoms with Gasteiger partial charge in [-0.05, 0) is 73.4 Å². The maximum absolute atomic E-state index is 14.0. The van der Waals surface area contributed by atoms with Gasteiger partial charge in [0.15, 0.2) is 0 Å². The Morgan fingerprint density at radius 1 is 0.923 bits per heavy atom. The van der Waals surface area contributed by atoms with Crippen LogP contribution in [0.15, 0.2) is 77.7 Å². The fourth-order valence-corrected chi connectivity index (χ4v) is 6.06. The molecular formula is C29H33Cl2N3O4S. The van der Waals surface area contributed by atoms with Gasteiger partial charge in [0.2, 0.25) is 11.8 Å². The van der Waals surface area contributed by atoms with E-state index in [1.807, 2.05) is 13.8 Å². The first-order chi connectivity index (χ1) is 18.6. The second kappa shape index (κ2) is 13.8. The molecule has 0 bridgehead atoms. The van der Waals surface area contributed by atoms with Crippen LogP contribution in [0.4, 0.5) is 5.69 Å². The summed E-state index contributed by atoms with van der Waals surface area (Å²) >= 11 is 12.2. The summed E-state index contributed by atoms with van der Waals surface area (Å²) in [6, 6.07) is 18.9. The molecule has 39 heavy (non-hydrogen) atoms. The number of sulfonamides is 1. The number of amides is 2. The zero-order valence-electron chi connectivity index (χ0n) is 22.2. The summed E-state index contributed by atoms with van der Waals surface area (Å²) in [6.45, 7) is 5.56. The minimum atomic E-state index is -4.14. The highest BCUT2D eigenvalue weighted by molar-refractivity contribution is 7.92. The Kier molecular flexibility index (Phi) is 10.8. The van der Waals surface area contributed by atoms with Gasteiger partial charge in [-0.15, -0.1) is 0 Å². The molecule has 0 radical (unpaired) electrons. The molecule has 3 rings (SSSR count). The van der Waals surface area contributed by atoms with E-state index >= 15 is 0 Å². The van der Waals surface area contributed by atoms with E-state index in [0.717, 1.165) is 16.3 Å². The van der Waals surface area contributed by atoms with Crippen molar-refractivity contribution in [2.24, 2.45) is 0 Å². The van der Waals surface area contributed by atoms with Gasteiger partial charge in [-0.2, -0.15) is 0 Å². The van der Waals surface area contributed by atoms with Gasteiger partial charge in [-0.1, -0.05) is 67.4 Å². The zero-order chi connectivity index (χ0) is 28.6. The Morgan fingerprint density at radius 3 is 2.15 bits per heavy atom. The van der Waals surface area contributed by atoms with Crippen molar-refractivity contribution < 1.29 is 18.0 Å². The molecule has 0 saturated heterocycles. The lowest BCUT2D eigenvalue weighted by Gasteiger charge is -2.33. The zero-order valence-corrected chi connectivity index (χ0v) is 24.6. The van der Waals surface area contributed by atoms with Gasteiger partial charge in [-0.3, -0.25) is 13.9 Å². The molecule has 2 amide bonds. The highest BCUT2D eigenvalue weighted by Gasteiger charge is 2.34. The third-order valence-electron chi connectivity index (χ3n) is 6.24. The van der Waals surface area contributed by atoms with Crippen molar-refractivity contribution >= 4 is 50.7 Å². The lowest BCUT2D eigenvalue weighted by molar-refractivity contribution is -0.140. The topological polar surface area (TPSA) is 86.8 Å². The number of rotatable bonds is 12. The SMILES string of the molecule is CCCNC(=O)C(CC)N(Cc1ccc(Cl)cc1)C(=O)CN(c1ccc(Cl)cc1C)S(=O)(=O)c1ccccc1. The van der Waals surface area contributed by atoms with Crippen LogP contribution in [0.2, 0.25) is 10.0 Å². The van der Waals surface area contributed by atoms with Gasteiger partial charge < -0.3 is 10.2 Å². The average molecular weight is 591 g/mol. The molecule has 0 heterocycles. The van der Waals surface area contributed by atoms with E-state index in [1.54, 1.807) is 67.6 Å². The molecule has 0 aliphatic rings. The van der Waals surface area contributed by atoms with Crippen LogP contribution in [0, 0.1) is 6.92 Å². The Morgan fingerprint density at radius 2 is 1.56 bits per heavy atom. The predicted molar refractivity (Wildman–Crippen MR) is 157 cm³/mol. The number of nitrogens with zero attached hydrogens (tertiary/aromatic N) is 2. The van der Waals surface area contributed by atoms with Crippen LogP contribution >= 0.6 is 23.2 Å². The van der Waals surface area contributed by atoms with E-state index < -0.39 is 28.5 Å². The number of benzene rings is 3. The van der Waals surface area contributed by atoms with Crippen molar-refractivity contribution in [1.29, 1.82) is 0 Å². The molecule has 3 aromatic carbocycles. The minimum Gasteiger partial charge on any atom is -0.354 e. The number of nitrogens with one attached hydrogen (secondary N) is 1. The summed E-state index contributed by atoms with van der Waals surface area (Å²) in [7, 11) is -4.14. The molecule has 0 aliphatic carbocycles. The number of hydrogen-bond donors (Lipinski definition) is 1. The van der Waals surface area contributed by atoms with Gasteiger partial charge >= 0.3 is 0 Å². The third kappa shape index (κ3) is 7.75. The molecule has 1 unspecified atom stereocenters. The van der Waals surface area contributed by atoms with Crippen LogP contribution in [0.5, 0.6) is 0 Å². The monoisotopic (exact) mass is 589 g/mol. The smallest absolute Gasteiger partial charge is 0.264 e. The van der Waals surface area contributed by atoms with Crippen molar-refractivity contribution in [3.05, 3.63) is 94.0 Å². The second-order valence-corrected chi connectivity index (χ2v) is 11.9. The summed E-state index contributed by atoms with van der Waals surface area (Å²) in [5, 5.41) is 3.86. The van der Waals surface area contributed by atoms with E-state index in [9.17, 15) is 18.0 Å². The molecule has 10 heteroatoms. The molecule has 1 N–H and O–H groups in total. The van der Waals surface area contributed by atoms with Crippen molar-refractivity contribution in [3.63, 3.8) is 0 Å². The van der Waals surface area contributed by atoms with Gasteiger partial charge in [0.05, 0.1) is 10.6 Å². The van der Waals surface area contributed by atoms with Crippen molar-refractivity contribution in [3.8, 4) is 0 Å². The van der Waals surface area contributed by atoms with Crippen molar-refractivity contribution in [1.82, 2.24) is 10.2 Å². The number of halogens is 2. The van der Waals surface area contributed by atoms with Crippen LogP contribution in [-0.4, -0.2) is 44.3 Å². The Labute approximate surface area is 240 Å². The highest BCUT2D eigenvalue weighted by Crippen LogP contribution is 2.29. The van der Waals surface area contributed by atoms with E-state index in [-0.39, 0.29) is 17.3 Å². The first-order valence-corrected chi connectivity index (χ1v) is 14.9. The minimum absolute atomic E-state index is 0.0455. The molecule has 3 aromatic rings. The van der Waals surface area contributed by atoms with E-state index in [2.05, 4.69) is 5.32 Å². The summed E-state index contributed by atoms with van der Waals surface area (Å²) in [5.41, 5.74) is 1.67. The van der Waals surface area contributed by atoms with Crippen LogP contribution in [0.3, 0.4) is 0 Å². The van der Waals surface area contributed by atoms with Gasteiger partial charge in [0, 0.05) is 23.1 Å². The third-order valence-corrected chi connectivity index (χ3v) is 8.50. The molecule has 0 aliphatic heterocycles. The molecule has 0 fully saturated rings. The van der Waals surface area contributed by atoms with Crippen LogP contribution in [-0.2, 0) is 26.2 Å². The van der Waals surface area contributed by atoms with Gasteiger partial charge in [0.1, 0.15) is 12.6 Å². The van der Waals surface area contributed by atoms with Crippen LogP contribution < -0.4 is 9.62 Å². The second-order valence-electron chi connectivity index (χ2n) is 9.12. The maximum Gasteiger partial charge on any atom is 0.264 e. The summed E-state index contributed by atoms with van der Waals surface area (Å²) in [5.74, 6) is -0.806. The number of carbonyl (C=O) groups excluding carboxylic acids is 2. The highest BCUT2D eigenvalue weighted by atomic mass is 35.5. The average Bonchev–Trinajstić information content (AvgIpc) is 2.92. The number of aryl methyl sites for hydroxylation is 1. The lowest BCUT2D eigenvalue weighted by atomic mass is 10.1. The normalized spacial score (nSPS) is 12.0. The fourth-order valence-electron chi connectivity index (χ4n) is 4.20. The maximum atomic E-state index is 14.0. The molecule has 0 saturated carbocycles.